The van der Waals surface area contributed by atoms with Crippen LogP contribution in [0.5, 0.6) is 0 Å². The molecule has 1 saturated carbocycles. The predicted molar refractivity (Wildman–Crippen MR) is 57.5 cm³/mol. The molecule has 4 heteroatoms. The summed E-state index contributed by atoms with van der Waals surface area (Å²) in [6.07, 6.45) is 5.22. The van der Waals surface area contributed by atoms with E-state index in [0.29, 0.717) is 19.4 Å². The largest absolute Gasteiger partial charge is 0.396 e. The Morgan fingerprint density at radius 3 is 2.67 bits per heavy atom. The average molecular weight is 215 g/mol. The quantitative estimate of drug-likeness (QED) is 0.619. The second-order valence-electron chi connectivity index (χ2n) is 4.20. The highest BCUT2D eigenvalue weighted by Crippen LogP contribution is 2.34. The lowest BCUT2D eigenvalue weighted by Crippen LogP contribution is -2.49. The van der Waals surface area contributed by atoms with Gasteiger partial charge in [-0.2, -0.15) is 0 Å². The zero-order chi connectivity index (χ0) is 11.1. The Morgan fingerprint density at radius 1 is 1.47 bits per heavy atom. The number of rotatable bonds is 7. The van der Waals surface area contributed by atoms with Gasteiger partial charge in [-0.05, 0) is 32.1 Å². The number of aliphatic hydroxyl groups excluding tert-OH is 1. The van der Waals surface area contributed by atoms with Crippen LogP contribution in [0, 0.1) is 0 Å². The van der Waals surface area contributed by atoms with Gasteiger partial charge in [-0.15, -0.1) is 0 Å². The van der Waals surface area contributed by atoms with Gasteiger partial charge in [0.2, 0.25) is 5.91 Å². The lowest BCUT2D eigenvalue weighted by Gasteiger charge is -2.40. The summed E-state index contributed by atoms with van der Waals surface area (Å²) in [7, 11) is 1.71. The van der Waals surface area contributed by atoms with Crippen LogP contribution < -0.4 is 5.32 Å². The standard InChI is InChI=1S/C11H21NO3/c1-15-11(6-4-7-11)9-12-10(14)5-2-3-8-13/h13H,2-9H2,1H3,(H,12,14). The number of hydrogen-bond acceptors (Lipinski definition) is 3. The molecule has 1 aliphatic rings. The Hall–Kier alpha value is -0.610. The molecule has 0 spiro atoms. The fourth-order valence-electron chi connectivity index (χ4n) is 1.77. The molecule has 1 amide bonds. The van der Waals surface area contributed by atoms with E-state index in [0.717, 1.165) is 19.3 Å². The van der Waals surface area contributed by atoms with Crippen molar-refractivity contribution in [2.24, 2.45) is 0 Å². The van der Waals surface area contributed by atoms with E-state index in [1.165, 1.54) is 6.42 Å². The third kappa shape index (κ3) is 3.80. The van der Waals surface area contributed by atoms with Crippen molar-refractivity contribution >= 4 is 5.91 Å². The molecule has 0 radical (unpaired) electrons. The van der Waals surface area contributed by atoms with E-state index in [1.807, 2.05) is 0 Å². The van der Waals surface area contributed by atoms with Crippen molar-refractivity contribution < 1.29 is 14.6 Å². The summed E-state index contributed by atoms with van der Waals surface area (Å²) >= 11 is 0. The molecule has 2 N–H and O–H groups in total. The summed E-state index contributed by atoms with van der Waals surface area (Å²) in [5, 5.41) is 11.5. The van der Waals surface area contributed by atoms with Gasteiger partial charge < -0.3 is 15.2 Å². The first-order valence-corrected chi connectivity index (χ1v) is 5.65. The number of unbranched alkanes of at least 4 members (excludes halogenated alkanes) is 1. The van der Waals surface area contributed by atoms with Crippen molar-refractivity contribution in [3.8, 4) is 0 Å². The topological polar surface area (TPSA) is 58.6 Å². The third-order valence-electron chi connectivity index (χ3n) is 3.12. The maximum absolute atomic E-state index is 11.4. The average Bonchev–Trinajstić information content (AvgIpc) is 2.17. The highest BCUT2D eigenvalue weighted by Gasteiger charge is 2.36. The molecule has 0 aromatic heterocycles. The van der Waals surface area contributed by atoms with E-state index >= 15 is 0 Å². The second kappa shape index (κ2) is 6.08. The van der Waals surface area contributed by atoms with Gasteiger partial charge in [0.1, 0.15) is 0 Å². The normalized spacial score (nSPS) is 18.3. The van der Waals surface area contributed by atoms with Crippen LogP contribution in [0.1, 0.15) is 38.5 Å². The van der Waals surface area contributed by atoms with Crippen molar-refractivity contribution in [2.75, 3.05) is 20.3 Å². The number of nitrogens with one attached hydrogen (secondary N) is 1. The Balaban J connectivity index is 2.10. The molecule has 4 nitrogen and oxygen atoms in total. The minimum Gasteiger partial charge on any atom is -0.396 e. The van der Waals surface area contributed by atoms with E-state index in [-0.39, 0.29) is 18.1 Å². The molecule has 0 unspecified atom stereocenters. The molecule has 1 fully saturated rings. The zero-order valence-corrected chi connectivity index (χ0v) is 9.42. The number of hydrogen-bond donors (Lipinski definition) is 2. The zero-order valence-electron chi connectivity index (χ0n) is 9.42. The Morgan fingerprint density at radius 2 is 2.20 bits per heavy atom. The Kier molecular flexibility index (Phi) is 5.05. The molecule has 15 heavy (non-hydrogen) atoms. The molecule has 0 aromatic rings. The maximum Gasteiger partial charge on any atom is 0.220 e. The maximum atomic E-state index is 11.4. The number of carbonyl (C=O) groups excluding carboxylic acids is 1. The van der Waals surface area contributed by atoms with E-state index in [4.69, 9.17) is 9.84 Å². The van der Waals surface area contributed by atoms with Crippen molar-refractivity contribution in [1.82, 2.24) is 5.32 Å². The van der Waals surface area contributed by atoms with Gasteiger partial charge in [0, 0.05) is 26.7 Å². The molecule has 88 valence electrons. The van der Waals surface area contributed by atoms with Gasteiger partial charge in [-0.25, -0.2) is 0 Å². The smallest absolute Gasteiger partial charge is 0.220 e. The summed E-state index contributed by atoms with van der Waals surface area (Å²) in [5.41, 5.74) is -0.0906. The summed E-state index contributed by atoms with van der Waals surface area (Å²) in [6, 6.07) is 0. The lowest BCUT2D eigenvalue weighted by molar-refractivity contribution is -0.125. The number of carbonyl (C=O) groups is 1. The van der Waals surface area contributed by atoms with Crippen molar-refractivity contribution in [3.63, 3.8) is 0 Å². The van der Waals surface area contributed by atoms with Gasteiger partial charge in [0.05, 0.1) is 5.60 Å². The molecule has 0 aromatic carbocycles. The van der Waals surface area contributed by atoms with Gasteiger partial charge in [-0.3, -0.25) is 4.79 Å². The lowest BCUT2D eigenvalue weighted by atomic mass is 9.80. The van der Waals surface area contributed by atoms with Crippen LogP contribution in [0.4, 0.5) is 0 Å². The highest BCUT2D eigenvalue weighted by molar-refractivity contribution is 5.75. The SMILES string of the molecule is COC1(CNC(=O)CCCCO)CCC1. The number of aliphatic hydroxyl groups is 1. The van der Waals surface area contributed by atoms with E-state index < -0.39 is 0 Å². The molecular formula is C11H21NO3. The molecule has 0 bridgehead atoms. The number of methoxy groups -OCH3 is 1. The first kappa shape index (κ1) is 12.5. The van der Waals surface area contributed by atoms with Crippen molar-refractivity contribution in [3.05, 3.63) is 0 Å². The molecule has 0 heterocycles. The monoisotopic (exact) mass is 215 g/mol. The van der Waals surface area contributed by atoms with Crippen LogP contribution in [-0.4, -0.2) is 36.9 Å². The van der Waals surface area contributed by atoms with Gasteiger partial charge in [0.15, 0.2) is 0 Å². The first-order chi connectivity index (χ1) is 7.22. The van der Waals surface area contributed by atoms with Gasteiger partial charge >= 0.3 is 0 Å². The van der Waals surface area contributed by atoms with Crippen molar-refractivity contribution in [1.29, 1.82) is 0 Å². The van der Waals surface area contributed by atoms with E-state index in [2.05, 4.69) is 5.32 Å². The van der Waals surface area contributed by atoms with Crippen LogP contribution in [0.25, 0.3) is 0 Å². The fourth-order valence-corrected chi connectivity index (χ4v) is 1.77. The molecule has 1 rings (SSSR count). The number of ether oxygens (including phenoxy) is 1. The van der Waals surface area contributed by atoms with Gasteiger partial charge in [-0.1, -0.05) is 0 Å². The second-order valence-corrected chi connectivity index (χ2v) is 4.20. The summed E-state index contributed by atoms with van der Waals surface area (Å²) in [5.74, 6) is 0.0618. The van der Waals surface area contributed by atoms with Crippen LogP contribution in [0.15, 0.2) is 0 Å². The van der Waals surface area contributed by atoms with Crippen LogP contribution in [-0.2, 0) is 9.53 Å². The summed E-state index contributed by atoms with van der Waals surface area (Å²) in [6.45, 7) is 0.788. The Bertz CT molecular complexity index is 196. The molecule has 0 aliphatic heterocycles. The molecule has 0 atom stereocenters. The number of amides is 1. The third-order valence-corrected chi connectivity index (χ3v) is 3.12. The molecular weight excluding hydrogens is 194 g/mol. The predicted octanol–water partition coefficient (Wildman–Crippen LogP) is 0.834. The van der Waals surface area contributed by atoms with Crippen LogP contribution in [0.3, 0.4) is 0 Å². The minimum absolute atomic E-state index is 0.0618. The van der Waals surface area contributed by atoms with Crippen molar-refractivity contribution in [2.45, 2.75) is 44.1 Å². The first-order valence-electron chi connectivity index (χ1n) is 5.65. The summed E-state index contributed by atoms with van der Waals surface area (Å²) in [4.78, 5) is 11.4. The van der Waals surface area contributed by atoms with E-state index in [9.17, 15) is 4.79 Å². The van der Waals surface area contributed by atoms with Crippen LogP contribution in [0.2, 0.25) is 0 Å². The minimum atomic E-state index is -0.0906. The summed E-state index contributed by atoms with van der Waals surface area (Å²) < 4.78 is 5.40. The Labute approximate surface area is 91.0 Å². The molecule has 0 saturated heterocycles. The van der Waals surface area contributed by atoms with Crippen LogP contribution >= 0.6 is 0 Å². The van der Waals surface area contributed by atoms with E-state index in [1.54, 1.807) is 7.11 Å². The molecule has 1 aliphatic carbocycles. The highest BCUT2D eigenvalue weighted by atomic mass is 16.5. The fraction of sp³-hybridized carbons (Fsp3) is 0.909. The van der Waals surface area contributed by atoms with Gasteiger partial charge in [0.25, 0.3) is 0 Å².